The zero-order chi connectivity index (χ0) is 28.0. The molecule has 2 unspecified atom stereocenters. The van der Waals surface area contributed by atoms with Crippen molar-refractivity contribution in [2.75, 3.05) is 11.5 Å². The molecule has 5 rings (SSSR count). The molecule has 4 aliphatic carbocycles. The van der Waals surface area contributed by atoms with Crippen LogP contribution in [0.2, 0.25) is 0 Å². The number of ether oxygens (including phenoxy) is 1. The van der Waals surface area contributed by atoms with Crippen molar-refractivity contribution in [1.82, 2.24) is 0 Å². The SMILES string of the molecule is CC(=COC(F)(F)c1ccc(N)cc1N)CCCC(C)[C@H]1CC[C@H]2[C@@H]3CCC4CCCC[C@]4(C)[C@H]3CC[C@]12C. The molecule has 218 valence electrons. The number of halogens is 2. The van der Waals surface area contributed by atoms with E-state index in [-0.39, 0.29) is 11.3 Å². The van der Waals surface area contributed by atoms with E-state index in [4.69, 9.17) is 16.2 Å². The van der Waals surface area contributed by atoms with Crippen LogP contribution >= 0.6 is 0 Å². The lowest BCUT2D eigenvalue weighted by molar-refractivity contribution is -0.214. The highest BCUT2D eigenvalue weighted by Crippen LogP contribution is 2.68. The number of anilines is 2. The van der Waals surface area contributed by atoms with Gasteiger partial charge in [0, 0.05) is 11.4 Å². The molecule has 1 aromatic carbocycles. The Labute approximate surface area is 235 Å². The van der Waals surface area contributed by atoms with Gasteiger partial charge in [-0.3, -0.25) is 0 Å². The second kappa shape index (κ2) is 10.9. The second-order valence-corrected chi connectivity index (χ2v) is 14.4. The normalized spacial score (nSPS) is 37.5. The highest BCUT2D eigenvalue weighted by molar-refractivity contribution is 5.57. The number of rotatable bonds is 8. The minimum absolute atomic E-state index is 0.0573. The van der Waals surface area contributed by atoms with Crippen molar-refractivity contribution in [2.24, 2.45) is 46.3 Å². The van der Waals surface area contributed by atoms with Gasteiger partial charge in [0.2, 0.25) is 0 Å². The molecule has 39 heavy (non-hydrogen) atoms. The van der Waals surface area contributed by atoms with Crippen LogP contribution in [-0.4, -0.2) is 0 Å². The summed E-state index contributed by atoms with van der Waals surface area (Å²) in [5.41, 5.74) is 13.3. The summed E-state index contributed by atoms with van der Waals surface area (Å²) in [5.74, 6) is 5.25. The standard InChI is InChI=1S/C34H52F2N2O/c1-22(21-39-34(35,36)30-14-12-25(37)20-31(30)38)8-7-9-23(2)27-15-16-28-26-13-11-24-10-5-6-18-32(24,3)29(26)17-19-33(27,28)4/h12,14,20-21,23-24,26-29H,5-11,13,15-19,37-38H2,1-4H3/t23?,24?,26-,27+,28-,29-,32-,33+/m0/s1. The van der Waals surface area contributed by atoms with Crippen molar-refractivity contribution in [3.63, 3.8) is 0 Å². The molecule has 0 saturated heterocycles. The molecule has 4 saturated carbocycles. The Balaban J connectivity index is 1.15. The van der Waals surface area contributed by atoms with Gasteiger partial charge in [-0.2, -0.15) is 8.78 Å². The first-order valence-corrected chi connectivity index (χ1v) is 15.8. The van der Waals surface area contributed by atoms with Crippen molar-refractivity contribution in [2.45, 2.75) is 117 Å². The van der Waals surface area contributed by atoms with Crippen molar-refractivity contribution in [3.8, 4) is 0 Å². The average molecular weight is 543 g/mol. The molecule has 0 spiro atoms. The van der Waals surface area contributed by atoms with Crippen molar-refractivity contribution in [3.05, 3.63) is 35.6 Å². The first-order valence-electron chi connectivity index (χ1n) is 15.8. The largest absolute Gasteiger partial charge is 0.437 e. The Morgan fingerprint density at radius 3 is 2.56 bits per heavy atom. The van der Waals surface area contributed by atoms with E-state index in [1.165, 1.54) is 88.7 Å². The van der Waals surface area contributed by atoms with Gasteiger partial charge >= 0.3 is 6.11 Å². The lowest BCUT2D eigenvalue weighted by atomic mass is 9.44. The Morgan fingerprint density at radius 2 is 1.79 bits per heavy atom. The van der Waals surface area contributed by atoms with Crippen LogP contribution < -0.4 is 11.5 Å². The van der Waals surface area contributed by atoms with E-state index in [1.54, 1.807) is 0 Å². The van der Waals surface area contributed by atoms with E-state index in [9.17, 15) is 8.78 Å². The number of alkyl halides is 2. The van der Waals surface area contributed by atoms with Crippen LogP contribution in [0.4, 0.5) is 20.2 Å². The van der Waals surface area contributed by atoms with Crippen LogP contribution in [0.1, 0.15) is 117 Å². The Hall–Kier alpha value is -1.78. The highest BCUT2D eigenvalue weighted by atomic mass is 19.3. The fourth-order valence-electron chi connectivity index (χ4n) is 10.3. The molecule has 4 fully saturated rings. The van der Waals surface area contributed by atoms with E-state index in [0.717, 1.165) is 54.4 Å². The van der Waals surface area contributed by atoms with Crippen LogP contribution in [0, 0.1) is 46.3 Å². The van der Waals surface area contributed by atoms with E-state index < -0.39 is 6.11 Å². The Morgan fingerprint density at radius 1 is 1.03 bits per heavy atom. The van der Waals surface area contributed by atoms with Crippen LogP contribution in [0.3, 0.4) is 0 Å². The summed E-state index contributed by atoms with van der Waals surface area (Å²) in [7, 11) is 0. The molecular weight excluding hydrogens is 490 g/mol. The maximum absolute atomic E-state index is 14.6. The molecule has 0 aliphatic heterocycles. The number of nitrogen functional groups attached to an aromatic ring is 2. The fourth-order valence-corrected chi connectivity index (χ4v) is 10.3. The third-order valence-electron chi connectivity index (χ3n) is 12.4. The number of fused-ring (bicyclic) bond motifs is 5. The van der Waals surface area contributed by atoms with Gasteiger partial charge in [-0.1, -0.05) is 40.0 Å². The predicted molar refractivity (Wildman–Crippen MR) is 157 cm³/mol. The molecule has 0 radical (unpaired) electrons. The van der Waals surface area contributed by atoms with E-state index >= 15 is 0 Å². The molecular formula is C34H52F2N2O. The summed E-state index contributed by atoms with van der Waals surface area (Å²) in [5, 5.41) is 0. The van der Waals surface area contributed by atoms with Crippen LogP contribution in [0.5, 0.6) is 0 Å². The Kier molecular flexibility index (Phi) is 8.03. The van der Waals surface area contributed by atoms with Gasteiger partial charge in [0.15, 0.2) is 0 Å². The molecule has 4 aliphatic rings. The van der Waals surface area contributed by atoms with E-state index in [2.05, 4.69) is 20.8 Å². The molecule has 0 bridgehead atoms. The van der Waals surface area contributed by atoms with E-state index in [1.807, 2.05) is 6.92 Å². The average Bonchev–Trinajstić information content (AvgIpc) is 3.24. The molecule has 0 aromatic heterocycles. The summed E-state index contributed by atoms with van der Waals surface area (Å²) in [6.07, 6.45) is 15.1. The smallest absolute Gasteiger partial charge is 0.428 e. The van der Waals surface area contributed by atoms with Crippen molar-refractivity contribution >= 4 is 11.4 Å². The van der Waals surface area contributed by atoms with Gasteiger partial charge < -0.3 is 16.2 Å². The van der Waals surface area contributed by atoms with Crippen LogP contribution in [0.25, 0.3) is 0 Å². The third-order valence-corrected chi connectivity index (χ3v) is 12.4. The van der Waals surface area contributed by atoms with Crippen LogP contribution in [0.15, 0.2) is 30.0 Å². The van der Waals surface area contributed by atoms with Gasteiger partial charge in [0.05, 0.1) is 11.8 Å². The first-order chi connectivity index (χ1) is 18.5. The number of nitrogens with two attached hydrogens (primary N) is 2. The van der Waals surface area contributed by atoms with Gasteiger partial charge in [0.25, 0.3) is 0 Å². The molecule has 0 amide bonds. The highest BCUT2D eigenvalue weighted by Gasteiger charge is 2.60. The number of hydrogen-bond acceptors (Lipinski definition) is 3. The molecule has 8 atom stereocenters. The molecule has 0 heterocycles. The van der Waals surface area contributed by atoms with Gasteiger partial charge in [-0.15, -0.1) is 0 Å². The fraction of sp³-hybridized carbons (Fsp3) is 0.765. The first kappa shape index (κ1) is 28.7. The zero-order valence-corrected chi connectivity index (χ0v) is 24.8. The predicted octanol–water partition coefficient (Wildman–Crippen LogP) is 9.68. The summed E-state index contributed by atoms with van der Waals surface area (Å²) < 4.78 is 34.1. The lowest BCUT2D eigenvalue weighted by Crippen LogP contribution is -2.53. The van der Waals surface area contributed by atoms with Crippen LogP contribution in [-0.2, 0) is 10.8 Å². The molecule has 4 N–H and O–H groups in total. The number of benzene rings is 1. The van der Waals surface area contributed by atoms with Gasteiger partial charge in [-0.05, 0) is 141 Å². The minimum atomic E-state index is -3.48. The van der Waals surface area contributed by atoms with Gasteiger partial charge in [0.1, 0.15) is 0 Å². The number of allylic oxidation sites excluding steroid dienone is 1. The summed E-state index contributed by atoms with van der Waals surface area (Å²) in [6, 6.07) is 3.99. The maximum Gasteiger partial charge on any atom is 0.428 e. The summed E-state index contributed by atoms with van der Waals surface area (Å²) >= 11 is 0. The third kappa shape index (κ3) is 5.33. The maximum atomic E-state index is 14.6. The quantitative estimate of drug-likeness (QED) is 0.254. The minimum Gasteiger partial charge on any atom is -0.437 e. The second-order valence-electron chi connectivity index (χ2n) is 14.4. The molecule has 1 aromatic rings. The molecule has 3 nitrogen and oxygen atoms in total. The monoisotopic (exact) mass is 542 g/mol. The summed E-state index contributed by atoms with van der Waals surface area (Å²) in [4.78, 5) is 0. The van der Waals surface area contributed by atoms with E-state index in [0.29, 0.717) is 22.4 Å². The molecule has 5 heteroatoms. The van der Waals surface area contributed by atoms with Crippen molar-refractivity contribution in [1.29, 1.82) is 0 Å². The topological polar surface area (TPSA) is 61.3 Å². The van der Waals surface area contributed by atoms with Gasteiger partial charge in [-0.25, -0.2) is 0 Å². The van der Waals surface area contributed by atoms with Crippen molar-refractivity contribution < 1.29 is 13.5 Å². The Bertz CT molecular complexity index is 1060. The number of hydrogen-bond donors (Lipinski definition) is 2. The summed E-state index contributed by atoms with van der Waals surface area (Å²) in [6.45, 7) is 9.65. The zero-order valence-electron chi connectivity index (χ0n) is 24.8. The lowest BCUT2D eigenvalue weighted by Gasteiger charge is -2.61.